The van der Waals surface area contributed by atoms with Crippen molar-refractivity contribution in [2.75, 3.05) is 85.9 Å². The Balaban J connectivity index is 0.000000199. The predicted molar refractivity (Wildman–Crippen MR) is 409 cm³/mol. The molecule has 13 fully saturated rings. The molecule has 0 aromatic heterocycles. The van der Waals surface area contributed by atoms with Crippen LogP contribution < -0.4 is 0 Å². The normalized spacial score (nSPS) is 34.2. The minimum atomic E-state index is 0.359. The van der Waals surface area contributed by atoms with Crippen LogP contribution in [-0.4, -0.2) is 104 Å². The molecular formula is C88H168O8. The van der Waals surface area contributed by atoms with Gasteiger partial charge in [-0.25, -0.2) is 0 Å². The lowest BCUT2D eigenvalue weighted by Gasteiger charge is -2.60. The van der Waals surface area contributed by atoms with Gasteiger partial charge in [0, 0.05) is 52.9 Å². The summed E-state index contributed by atoms with van der Waals surface area (Å²) in [6, 6.07) is 0. The highest BCUT2D eigenvalue weighted by atomic mass is 16.5. The van der Waals surface area contributed by atoms with Gasteiger partial charge in [-0.15, -0.1) is 0 Å². The van der Waals surface area contributed by atoms with Crippen LogP contribution in [0.15, 0.2) is 0 Å². The summed E-state index contributed by atoms with van der Waals surface area (Å²) in [6.45, 7) is 64.0. The van der Waals surface area contributed by atoms with Crippen molar-refractivity contribution in [2.45, 2.75) is 377 Å². The Morgan fingerprint density at radius 1 is 0.302 bits per heavy atom. The van der Waals surface area contributed by atoms with Crippen molar-refractivity contribution in [1.82, 2.24) is 0 Å². The van der Waals surface area contributed by atoms with E-state index < -0.39 is 0 Å². The molecule has 96 heavy (non-hydrogen) atoms. The van der Waals surface area contributed by atoms with E-state index in [0.717, 1.165) is 133 Å². The second-order valence-electron chi connectivity index (χ2n) is 38.6. The maximum Gasteiger partial charge on any atom is 0.0676 e. The molecule has 568 valence electrons. The Bertz CT molecular complexity index is 2010. The Kier molecular flexibility index (Phi) is 35.7. The average molecular weight is 1350 g/mol. The maximum atomic E-state index is 5.91. The van der Waals surface area contributed by atoms with Crippen molar-refractivity contribution in [3.05, 3.63) is 0 Å². The van der Waals surface area contributed by atoms with Gasteiger partial charge in [-0.1, -0.05) is 162 Å². The smallest absolute Gasteiger partial charge is 0.0676 e. The highest BCUT2D eigenvalue weighted by Crippen LogP contribution is 2.63. The number of rotatable bonds is 22. The van der Waals surface area contributed by atoms with Crippen molar-refractivity contribution in [2.24, 2.45) is 101 Å². The fourth-order valence-electron chi connectivity index (χ4n) is 22.6. The molecule has 0 spiro atoms. The lowest BCUT2D eigenvalue weighted by Crippen LogP contribution is -2.53. The topological polar surface area (TPSA) is 73.8 Å². The molecule has 13 aliphatic carbocycles. The van der Waals surface area contributed by atoms with Gasteiger partial charge in [0.25, 0.3) is 0 Å². The zero-order chi connectivity index (χ0) is 71.1. The van der Waals surface area contributed by atoms with E-state index in [1.165, 1.54) is 193 Å². The number of hydrogen-bond donors (Lipinski definition) is 0. The van der Waals surface area contributed by atoms with Gasteiger partial charge < -0.3 is 37.9 Å². The molecule has 6 unspecified atom stereocenters. The fourth-order valence-corrected chi connectivity index (χ4v) is 22.6. The van der Waals surface area contributed by atoms with E-state index in [1.807, 2.05) is 0 Å². The van der Waals surface area contributed by atoms with Gasteiger partial charge in [0.15, 0.2) is 0 Å². The zero-order valence-corrected chi connectivity index (χ0v) is 68.7. The first-order valence-electron chi connectivity index (χ1n) is 42.0. The van der Waals surface area contributed by atoms with Crippen LogP contribution in [0.4, 0.5) is 0 Å². The molecule has 0 heterocycles. The lowest BCUT2D eigenvalue weighted by molar-refractivity contribution is -0.132. The molecule has 0 radical (unpaired) electrons. The highest BCUT2D eigenvalue weighted by molar-refractivity contribution is 5.05. The van der Waals surface area contributed by atoms with E-state index in [-0.39, 0.29) is 0 Å². The van der Waals surface area contributed by atoms with Crippen LogP contribution >= 0.6 is 0 Å². The van der Waals surface area contributed by atoms with Gasteiger partial charge in [0.1, 0.15) is 0 Å². The van der Waals surface area contributed by atoms with E-state index in [4.69, 9.17) is 37.9 Å². The van der Waals surface area contributed by atoms with Crippen LogP contribution in [0.5, 0.6) is 0 Å². The fraction of sp³-hybridized carbons (Fsp3) is 1.00. The largest absolute Gasteiger partial charge is 0.381 e. The first kappa shape index (κ1) is 86.3. The quantitative estimate of drug-likeness (QED) is 0.106. The third kappa shape index (κ3) is 24.6. The molecule has 0 aromatic carbocycles. The maximum absolute atomic E-state index is 5.91. The summed E-state index contributed by atoms with van der Waals surface area (Å²) in [6.07, 6.45) is 45.2. The van der Waals surface area contributed by atoms with Gasteiger partial charge in [-0.05, 0) is 298 Å². The van der Waals surface area contributed by atoms with Crippen molar-refractivity contribution in [1.29, 1.82) is 0 Å². The van der Waals surface area contributed by atoms with Gasteiger partial charge in [-0.2, -0.15) is 0 Å². The zero-order valence-electron chi connectivity index (χ0n) is 68.7. The standard InChI is InChI=1S/C14H24O.C12H24O.2C11H20O.C11H22O.2C10H20O.C9H18O/c1-3-15-9-14(2)12-5-10-4-11(7-12)8-13(14)6-10;1-6-13-10-11(2,3)8-7-9-12(10,4)5;1-4-12-10-8-5-6-9(7-8)11(10,2)3;1-3-12-8-11(2)7-9-4-5-10(11)6-9;1-6-12-9-10(2,3)7-8-11(9,4)5;1-3-11-9-10(2)7-5-4-6-8-10;1-3-10(9-11-4-2)7-5-6-8-10;1-3-10-8-9(2)6-4-5-7-9/h10-13H,3-9H2,1-2H3;10H,6-9H2,1-5H3;8-10H,4-7H2,1-3H3;9-10H,3-8H2,1-2H3;9H,6-8H2,1-5H3;2*3-9H2,1-2H3;3-8H2,1-2H3. The molecule has 13 aliphatic rings. The third-order valence-electron chi connectivity index (χ3n) is 28.3. The van der Waals surface area contributed by atoms with E-state index >= 15 is 0 Å². The molecule has 8 heteroatoms. The van der Waals surface area contributed by atoms with Gasteiger partial charge in [0.2, 0.25) is 0 Å². The van der Waals surface area contributed by atoms with Crippen LogP contribution in [0.25, 0.3) is 0 Å². The number of hydrogen-bond acceptors (Lipinski definition) is 8. The van der Waals surface area contributed by atoms with Crippen molar-refractivity contribution < 1.29 is 37.9 Å². The first-order chi connectivity index (χ1) is 45.3. The second-order valence-corrected chi connectivity index (χ2v) is 38.6. The van der Waals surface area contributed by atoms with Crippen LogP contribution in [0.1, 0.15) is 358 Å². The summed E-state index contributed by atoms with van der Waals surface area (Å²) in [7, 11) is 0. The SMILES string of the molecule is CCOC1C(C)(C)CCC1(C)C.CCOC1C(C)(C)CCCC1(C)C.CCOC1C2CCC(C2)C1(C)C.CCOCC1(C)C2CC3CC(C2)CC1C3.CCOCC1(C)CC2CCC1C2.CCOCC1(C)CCCC1.CCOCC1(C)CCCCC1.CCOCC1(CC)CCCC1. The summed E-state index contributed by atoms with van der Waals surface area (Å²) >= 11 is 0. The van der Waals surface area contributed by atoms with Crippen LogP contribution in [0, 0.1) is 101 Å². The molecular weight excluding hydrogens is 1180 g/mol. The minimum Gasteiger partial charge on any atom is -0.381 e. The van der Waals surface area contributed by atoms with Gasteiger partial charge >= 0.3 is 0 Å². The molecule has 13 saturated carbocycles. The summed E-state index contributed by atoms with van der Waals surface area (Å²) in [5.74, 6) is 7.99. The van der Waals surface area contributed by atoms with Crippen LogP contribution in [0.3, 0.4) is 0 Å². The minimum absolute atomic E-state index is 0.359. The Hall–Kier alpha value is -0.320. The summed E-state index contributed by atoms with van der Waals surface area (Å²) in [5.41, 5.74) is 4.59. The van der Waals surface area contributed by atoms with E-state index in [2.05, 4.69) is 159 Å². The summed E-state index contributed by atoms with van der Waals surface area (Å²) < 4.78 is 45.3. The Morgan fingerprint density at radius 2 is 0.698 bits per heavy atom. The molecule has 0 aromatic rings. The van der Waals surface area contributed by atoms with Crippen molar-refractivity contribution >= 4 is 0 Å². The molecule has 6 atom stereocenters. The third-order valence-corrected chi connectivity index (χ3v) is 28.3. The lowest BCUT2D eigenvalue weighted by atomic mass is 9.46. The van der Waals surface area contributed by atoms with E-state index in [9.17, 15) is 0 Å². The Morgan fingerprint density at radius 3 is 1.09 bits per heavy atom. The molecule has 8 bridgehead atoms. The van der Waals surface area contributed by atoms with Crippen LogP contribution in [0.2, 0.25) is 0 Å². The monoisotopic (exact) mass is 1350 g/mol. The molecule has 0 saturated heterocycles. The highest BCUT2D eigenvalue weighted by Gasteiger charge is 2.56. The second kappa shape index (κ2) is 39.7. The Labute approximate surface area is 598 Å². The van der Waals surface area contributed by atoms with E-state index in [1.54, 1.807) is 6.42 Å². The van der Waals surface area contributed by atoms with Crippen LogP contribution in [-0.2, 0) is 37.9 Å². The molecule has 8 nitrogen and oxygen atoms in total. The van der Waals surface area contributed by atoms with Crippen molar-refractivity contribution in [3.63, 3.8) is 0 Å². The molecule has 0 amide bonds. The van der Waals surface area contributed by atoms with Gasteiger partial charge in [-0.3, -0.25) is 0 Å². The number of ether oxygens (including phenoxy) is 8. The average Bonchev–Trinajstić information content (AvgIpc) is 1.15. The summed E-state index contributed by atoms with van der Waals surface area (Å²) in [5, 5.41) is 0. The van der Waals surface area contributed by atoms with Gasteiger partial charge in [0.05, 0.1) is 51.3 Å². The van der Waals surface area contributed by atoms with E-state index in [0.29, 0.717) is 72.5 Å². The summed E-state index contributed by atoms with van der Waals surface area (Å²) in [4.78, 5) is 0. The predicted octanol–water partition coefficient (Wildman–Crippen LogP) is 24.6. The first-order valence-corrected chi connectivity index (χ1v) is 42.0. The molecule has 13 rings (SSSR count). The molecule has 0 N–H and O–H groups in total. The van der Waals surface area contributed by atoms with Crippen molar-refractivity contribution in [3.8, 4) is 0 Å². The number of fused-ring (bicyclic) bond motifs is 4. The molecule has 0 aliphatic heterocycles.